The number of aliphatic hydroxyl groups is 1. The third kappa shape index (κ3) is 1.96. The summed E-state index contributed by atoms with van der Waals surface area (Å²) in [7, 11) is 0. The van der Waals surface area contributed by atoms with Crippen LogP contribution in [0.2, 0.25) is 0 Å². The van der Waals surface area contributed by atoms with Gasteiger partial charge in [-0.25, -0.2) is 8.78 Å². The van der Waals surface area contributed by atoms with Crippen molar-refractivity contribution >= 4 is 0 Å². The summed E-state index contributed by atoms with van der Waals surface area (Å²) >= 11 is 0. The van der Waals surface area contributed by atoms with E-state index in [4.69, 9.17) is 4.74 Å². The quantitative estimate of drug-likeness (QED) is 0.807. The summed E-state index contributed by atoms with van der Waals surface area (Å²) in [6.07, 6.45) is -4.90. The lowest BCUT2D eigenvalue weighted by Gasteiger charge is -2.40. The van der Waals surface area contributed by atoms with Crippen molar-refractivity contribution in [3.8, 4) is 0 Å². The van der Waals surface area contributed by atoms with E-state index in [0.717, 1.165) is 0 Å². The van der Waals surface area contributed by atoms with Gasteiger partial charge in [0.15, 0.2) is 0 Å². The second-order valence-corrected chi connectivity index (χ2v) is 5.89. The highest BCUT2D eigenvalue weighted by Gasteiger charge is 2.83. The van der Waals surface area contributed by atoms with Crippen molar-refractivity contribution in [2.75, 3.05) is 6.61 Å². The third-order valence-electron chi connectivity index (χ3n) is 4.91. The van der Waals surface area contributed by atoms with Gasteiger partial charge in [-0.05, 0) is 32.1 Å². The largest absolute Gasteiger partial charge is 0.423 e. The van der Waals surface area contributed by atoms with Gasteiger partial charge in [0.1, 0.15) is 0 Å². The van der Waals surface area contributed by atoms with Crippen LogP contribution in [-0.4, -0.2) is 35.5 Å². The smallest absolute Gasteiger partial charge is 0.378 e. The van der Waals surface area contributed by atoms with E-state index in [-0.39, 0.29) is 25.6 Å². The van der Waals surface area contributed by atoms with E-state index in [0.29, 0.717) is 6.42 Å². The maximum absolute atomic E-state index is 14.0. The minimum absolute atomic E-state index is 0.00455. The van der Waals surface area contributed by atoms with Crippen molar-refractivity contribution in [3.63, 3.8) is 0 Å². The molecule has 2 fully saturated rings. The fourth-order valence-corrected chi connectivity index (χ4v) is 3.59. The van der Waals surface area contributed by atoms with Gasteiger partial charge in [0.05, 0.1) is 12.7 Å². The maximum atomic E-state index is 14.0. The van der Waals surface area contributed by atoms with Crippen molar-refractivity contribution in [2.24, 2.45) is 17.8 Å². The molecule has 2 saturated carbocycles. The van der Waals surface area contributed by atoms with Crippen molar-refractivity contribution in [1.82, 2.24) is 0 Å². The molecular weight excluding hydrogens is 283 g/mol. The molecule has 0 spiro atoms. The van der Waals surface area contributed by atoms with Gasteiger partial charge in [0.25, 0.3) is 5.92 Å². The minimum Gasteiger partial charge on any atom is -0.378 e. The molecule has 20 heavy (non-hydrogen) atoms. The van der Waals surface area contributed by atoms with E-state index in [2.05, 4.69) is 0 Å². The number of fused-ring (bicyclic) bond motifs is 2. The predicted molar refractivity (Wildman–Crippen MR) is 61.4 cm³/mol. The lowest BCUT2D eigenvalue weighted by Crippen LogP contribution is -2.62. The van der Waals surface area contributed by atoms with Crippen molar-refractivity contribution in [1.29, 1.82) is 0 Å². The van der Waals surface area contributed by atoms with Crippen molar-refractivity contribution in [3.05, 3.63) is 0 Å². The second-order valence-electron chi connectivity index (χ2n) is 5.89. The molecule has 1 N–H and O–H groups in total. The topological polar surface area (TPSA) is 29.5 Å². The number of ether oxygens (including phenoxy) is 1. The van der Waals surface area contributed by atoms with Gasteiger partial charge in [-0.2, -0.15) is 13.2 Å². The zero-order valence-electron chi connectivity index (χ0n) is 11.4. The highest BCUT2D eigenvalue weighted by atomic mass is 19.4. The van der Waals surface area contributed by atoms with E-state index in [9.17, 15) is 27.1 Å². The Bertz CT molecular complexity index is 370. The Kier molecular flexibility index (Phi) is 3.83. The van der Waals surface area contributed by atoms with Crippen LogP contribution in [0.1, 0.15) is 33.1 Å². The van der Waals surface area contributed by atoms with Crippen LogP contribution in [-0.2, 0) is 4.74 Å². The second kappa shape index (κ2) is 4.80. The first-order valence-corrected chi connectivity index (χ1v) is 6.85. The van der Waals surface area contributed by atoms with Gasteiger partial charge < -0.3 is 9.84 Å². The SMILES string of the molecule is CCC(C)OCC1C2CCC1C(O)(C(F)(F)F)C2(F)F. The summed E-state index contributed by atoms with van der Waals surface area (Å²) in [6.45, 7) is 3.43. The predicted octanol–water partition coefficient (Wildman–Crippen LogP) is 3.39. The molecule has 0 saturated heterocycles. The Labute approximate surface area is 114 Å². The zero-order chi connectivity index (χ0) is 15.3. The van der Waals surface area contributed by atoms with E-state index < -0.39 is 35.5 Å². The normalized spacial score (nSPS) is 41.1. The molecule has 5 atom stereocenters. The molecule has 5 unspecified atom stereocenters. The van der Waals surface area contributed by atoms with E-state index in [1.54, 1.807) is 6.92 Å². The fourth-order valence-electron chi connectivity index (χ4n) is 3.59. The first-order valence-electron chi connectivity index (χ1n) is 6.85. The lowest BCUT2D eigenvalue weighted by atomic mass is 9.80. The zero-order valence-corrected chi connectivity index (χ0v) is 11.4. The first kappa shape index (κ1) is 15.9. The number of hydrogen-bond donors (Lipinski definition) is 1. The van der Waals surface area contributed by atoms with Gasteiger partial charge >= 0.3 is 6.18 Å². The maximum Gasteiger partial charge on any atom is 0.423 e. The average Bonchev–Trinajstić information content (AvgIpc) is 2.82. The van der Waals surface area contributed by atoms with Crippen molar-refractivity contribution < 1.29 is 31.8 Å². The van der Waals surface area contributed by atoms with Crippen molar-refractivity contribution in [2.45, 2.75) is 56.9 Å². The molecule has 2 aliphatic carbocycles. The standard InChI is InChI=1S/C13H19F5O2/c1-3-7(2)20-6-8-9-4-5-10(8)12(14,15)11(9,19)13(16,17)18/h7-10,19H,3-6H2,1-2H3. The molecule has 7 heteroatoms. The number of halogens is 5. The molecule has 0 aliphatic heterocycles. The van der Waals surface area contributed by atoms with Gasteiger partial charge in [0, 0.05) is 11.8 Å². The average molecular weight is 302 g/mol. The summed E-state index contributed by atoms with van der Waals surface area (Å²) in [5, 5.41) is 9.71. The molecule has 118 valence electrons. The van der Waals surface area contributed by atoms with Gasteiger partial charge in [-0.15, -0.1) is 0 Å². The summed E-state index contributed by atoms with van der Waals surface area (Å²) in [4.78, 5) is 0. The molecule has 2 rings (SSSR count). The number of alkyl halides is 5. The Morgan fingerprint density at radius 1 is 1.25 bits per heavy atom. The molecule has 2 nitrogen and oxygen atoms in total. The number of hydrogen-bond acceptors (Lipinski definition) is 2. The summed E-state index contributed by atoms with van der Waals surface area (Å²) in [5.74, 6) is -8.02. The van der Waals surface area contributed by atoms with Crippen LogP contribution in [0.3, 0.4) is 0 Å². The highest BCUT2D eigenvalue weighted by molar-refractivity contribution is 5.19. The lowest BCUT2D eigenvalue weighted by molar-refractivity contribution is -0.346. The van der Waals surface area contributed by atoms with E-state index in [1.807, 2.05) is 6.92 Å². The Morgan fingerprint density at radius 2 is 1.80 bits per heavy atom. The fraction of sp³-hybridized carbons (Fsp3) is 1.00. The van der Waals surface area contributed by atoms with Gasteiger partial charge in [-0.3, -0.25) is 0 Å². The van der Waals surface area contributed by atoms with Crippen LogP contribution >= 0.6 is 0 Å². The molecule has 2 bridgehead atoms. The van der Waals surface area contributed by atoms with Crippen LogP contribution in [0, 0.1) is 17.8 Å². The van der Waals surface area contributed by atoms with Crippen LogP contribution in [0.5, 0.6) is 0 Å². The van der Waals surface area contributed by atoms with Crippen LogP contribution < -0.4 is 0 Å². The molecule has 0 aromatic heterocycles. The molecule has 0 radical (unpaired) electrons. The molecule has 0 aromatic carbocycles. The van der Waals surface area contributed by atoms with E-state index >= 15 is 0 Å². The van der Waals surface area contributed by atoms with Crippen LogP contribution in [0.15, 0.2) is 0 Å². The molecule has 0 heterocycles. The third-order valence-corrected chi connectivity index (χ3v) is 4.91. The minimum atomic E-state index is -5.33. The summed E-state index contributed by atoms with van der Waals surface area (Å²) in [5.41, 5.74) is -3.91. The molecular formula is C13H19F5O2. The Hall–Kier alpha value is -0.430. The summed E-state index contributed by atoms with van der Waals surface area (Å²) < 4.78 is 72.3. The van der Waals surface area contributed by atoms with E-state index in [1.165, 1.54) is 0 Å². The monoisotopic (exact) mass is 302 g/mol. The molecule has 0 amide bonds. The van der Waals surface area contributed by atoms with Crippen LogP contribution in [0.25, 0.3) is 0 Å². The highest BCUT2D eigenvalue weighted by Crippen LogP contribution is 2.66. The first-order chi connectivity index (χ1) is 9.07. The Morgan fingerprint density at radius 3 is 2.25 bits per heavy atom. The van der Waals surface area contributed by atoms with Crippen LogP contribution in [0.4, 0.5) is 22.0 Å². The Balaban J connectivity index is 2.23. The molecule has 0 aromatic rings. The van der Waals surface area contributed by atoms with Gasteiger partial charge in [0.2, 0.25) is 5.60 Å². The van der Waals surface area contributed by atoms with Gasteiger partial charge in [-0.1, -0.05) is 6.92 Å². The number of rotatable bonds is 4. The molecule has 2 aliphatic rings. The summed E-state index contributed by atoms with van der Waals surface area (Å²) in [6, 6.07) is 0.